The summed E-state index contributed by atoms with van der Waals surface area (Å²) in [7, 11) is 0. The van der Waals surface area contributed by atoms with Gasteiger partial charge in [0.1, 0.15) is 0 Å². The smallest absolute Gasteiger partial charge is 0.432 e. The number of ether oxygens (including phenoxy) is 1. The first-order valence-corrected chi connectivity index (χ1v) is 4.92. The van der Waals surface area contributed by atoms with Crippen LogP contribution in [0.3, 0.4) is 0 Å². The van der Waals surface area contributed by atoms with Gasteiger partial charge in [-0.2, -0.15) is 13.2 Å². The molecule has 0 N–H and O–H groups in total. The summed E-state index contributed by atoms with van der Waals surface area (Å²) in [5.74, 6) is -1.01. The molecule has 0 fully saturated rings. The van der Waals surface area contributed by atoms with Crippen molar-refractivity contribution < 1.29 is 22.7 Å². The first-order chi connectivity index (χ1) is 7.28. The topological polar surface area (TPSA) is 26.3 Å². The Labute approximate surface area is 91.8 Å². The quantitative estimate of drug-likeness (QED) is 0.417. The molecule has 0 aromatic heterocycles. The predicted molar refractivity (Wildman–Crippen MR) is 52.7 cm³/mol. The second-order valence-electron chi connectivity index (χ2n) is 3.85. The summed E-state index contributed by atoms with van der Waals surface area (Å²) in [5.41, 5.74) is -2.51. The van der Waals surface area contributed by atoms with Gasteiger partial charge in [0.25, 0.3) is 0 Å². The van der Waals surface area contributed by atoms with Gasteiger partial charge in [0.05, 0.1) is 0 Å². The van der Waals surface area contributed by atoms with Crippen molar-refractivity contribution in [3.8, 4) is 0 Å². The highest BCUT2D eigenvalue weighted by molar-refractivity contribution is 5.87. The number of esters is 1. The number of carbonyl (C=O) groups excluding carboxylic acids is 1. The van der Waals surface area contributed by atoms with Crippen molar-refractivity contribution in [3.63, 3.8) is 0 Å². The van der Waals surface area contributed by atoms with E-state index in [0.29, 0.717) is 12.8 Å². The Morgan fingerprint density at radius 2 is 2.12 bits per heavy atom. The summed E-state index contributed by atoms with van der Waals surface area (Å²) >= 11 is 0. The minimum atomic E-state index is -4.59. The van der Waals surface area contributed by atoms with Crippen LogP contribution >= 0.6 is 0 Å². The highest BCUT2D eigenvalue weighted by atomic mass is 19.4. The van der Waals surface area contributed by atoms with Gasteiger partial charge in [-0.25, -0.2) is 4.79 Å². The zero-order valence-corrected chi connectivity index (χ0v) is 8.93. The summed E-state index contributed by atoms with van der Waals surface area (Å²) in [5, 5.41) is 0. The molecule has 1 unspecified atom stereocenters. The van der Waals surface area contributed by atoms with Crippen molar-refractivity contribution in [1.82, 2.24) is 0 Å². The lowest BCUT2D eigenvalue weighted by atomic mass is 9.90. The zero-order chi connectivity index (χ0) is 12.4. The van der Waals surface area contributed by atoms with Crippen LogP contribution in [0.15, 0.2) is 24.3 Å². The number of allylic oxidation sites excluding steroid dienone is 1. The minimum Gasteiger partial charge on any atom is -0.442 e. The van der Waals surface area contributed by atoms with E-state index in [1.807, 2.05) is 0 Å². The molecular weight excluding hydrogens is 221 g/mol. The Morgan fingerprint density at radius 3 is 2.50 bits per heavy atom. The summed E-state index contributed by atoms with van der Waals surface area (Å²) in [6.45, 7) is 4.59. The molecule has 0 heterocycles. The van der Waals surface area contributed by atoms with Crippen molar-refractivity contribution in [1.29, 1.82) is 0 Å². The molecule has 1 rings (SSSR count). The standard InChI is InChI=1S/C11H13F3O2/c1-8(2)9(15)16-10(11(12,13)14)6-4-3-5-7-10/h4,6H,1,3,5,7H2,2H3. The van der Waals surface area contributed by atoms with Gasteiger partial charge in [0.2, 0.25) is 5.60 Å². The second kappa shape index (κ2) is 4.31. The van der Waals surface area contributed by atoms with Gasteiger partial charge in [0.15, 0.2) is 0 Å². The van der Waals surface area contributed by atoms with Gasteiger partial charge in [-0.3, -0.25) is 0 Å². The van der Waals surface area contributed by atoms with Crippen LogP contribution in [-0.2, 0) is 9.53 Å². The molecular formula is C11H13F3O2. The number of hydrogen-bond donors (Lipinski definition) is 0. The third-order valence-corrected chi connectivity index (χ3v) is 2.41. The second-order valence-corrected chi connectivity index (χ2v) is 3.85. The lowest BCUT2D eigenvalue weighted by molar-refractivity contribution is -0.253. The van der Waals surface area contributed by atoms with E-state index >= 15 is 0 Å². The molecule has 0 aromatic rings. The van der Waals surface area contributed by atoms with Gasteiger partial charge in [0, 0.05) is 12.0 Å². The Hall–Kier alpha value is -1.26. The molecule has 2 nitrogen and oxygen atoms in total. The van der Waals surface area contributed by atoms with E-state index in [4.69, 9.17) is 0 Å². The minimum absolute atomic E-state index is 0.0393. The van der Waals surface area contributed by atoms with Crippen LogP contribution in [0, 0.1) is 0 Å². The molecule has 0 amide bonds. The molecule has 1 aliphatic carbocycles. The lowest BCUT2D eigenvalue weighted by Crippen LogP contribution is -2.48. The van der Waals surface area contributed by atoms with Gasteiger partial charge in [-0.05, 0) is 25.8 Å². The van der Waals surface area contributed by atoms with Crippen molar-refractivity contribution in [3.05, 3.63) is 24.3 Å². The highest BCUT2D eigenvalue weighted by Gasteiger charge is 2.56. The monoisotopic (exact) mass is 234 g/mol. The van der Waals surface area contributed by atoms with E-state index in [-0.39, 0.29) is 12.0 Å². The van der Waals surface area contributed by atoms with Gasteiger partial charge in [-0.1, -0.05) is 12.7 Å². The largest absolute Gasteiger partial charge is 0.442 e. The van der Waals surface area contributed by atoms with Crippen LogP contribution in [0.1, 0.15) is 26.2 Å². The summed E-state index contributed by atoms with van der Waals surface area (Å²) in [6, 6.07) is 0. The molecule has 0 spiro atoms. The van der Waals surface area contributed by atoms with Crippen molar-refractivity contribution in [2.75, 3.05) is 0 Å². The molecule has 0 saturated heterocycles. The SMILES string of the molecule is C=C(C)C(=O)OC1(C(F)(F)F)C=CCCC1. The average Bonchev–Trinajstić information content (AvgIpc) is 2.17. The molecule has 0 bridgehead atoms. The van der Waals surface area contributed by atoms with Crippen molar-refractivity contribution in [2.45, 2.75) is 38.0 Å². The van der Waals surface area contributed by atoms with E-state index in [1.54, 1.807) is 0 Å². The third kappa shape index (κ3) is 2.46. The molecule has 1 aliphatic rings. The number of carbonyl (C=O) groups is 1. The molecule has 0 saturated carbocycles. The fraction of sp³-hybridized carbons (Fsp3) is 0.545. The molecule has 0 aliphatic heterocycles. The summed E-state index contributed by atoms with van der Waals surface area (Å²) < 4.78 is 43.1. The predicted octanol–water partition coefficient (Wildman–Crippen LogP) is 3.15. The Morgan fingerprint density at radius 1 is 1.50 bits per heavy atom. The van der Waals surface area contributed by atoms with Crippen LogP contribution in [-0.4, -0.2) is 17.7 Å². The van der Waals surface area contributed by atoms with E-state index < -0.39 is 17.7 Å². The number of rotatable bonds is 2. The Kier molecular flexibility index (Phi) is 3.45. The van der Waals surface area contributed by atoms with Crippen molar-refractivity contribution in [2.24, 2.45) is 0 Å². The van der Waals surface area contributed by atoms with Crippen LogP contribution in [0.5, 0.6) is 0 Å². The number of hydrogen-bond acceptors (Lipinski definition) is 2. The maximum Gasteiger partial charge on any atom is 0.432 e. The van der Waals surface area contributed by atoms with Crippen molar-refractivity contribution >= 4 is 5.97 Å². The fourth-order valence-electron chi connectivity index (χ4n) is 1.47. The molecule has 0 radical (unpaired) electrons. The van der Waals surface area contributed by atoms with E-state index in [2.05, 4.69) is 11.3 Å². The van der Waals surface area contributed by atoms with E-state index in [9.17, 15) is 18.0 Å². The van der Waals surface area contributed by atoms with E-state index in [0.717, 1.165) is 6.08 Å². The van der Waals surface area contributed by atoms with Crippen LogP contribution in [0.4, 0.5) is 13.2 Å². The normalized spacial score (nSPS) is 25.2. The molecule has 16 heavy (non-hydrogen) atoms. The third-order valence-electron chi connectivity index (χ3n) is 2.41. The first kappa shape index (κ1) is 12.8. The average molecular weight is 234 g/mol. The molecule has 1 atom stereocenters. The van der Waals surface area contributed by atoms with Crippen LogP contribution in [0.25, 0.3) is 0 Å². The lowest BCUT2D eigenvalue weighted by Gasteiger charge is -2.34. The Bertz CT molecular complexity index is 331. The first-order valence-electron chi connectivity index (χ1n) is 4.92. The summed E-state index contributed by atoms with van der Waals surface area (Å²) in [4.78, 5) is 11.2. The summed E-state index contributed by atoms with van der Waals surface area (Å²) in [6.07, 6.45) is -1.58. The van der Waals surface area contributed by atoms with Crippen LogP contribution < -0.4 is 0 Å². The fourth-order valence-corrected chi connectivity index (χ4v) is 1.47. The molecule has 0 aromatic carbocycles. The molecule has 90 valence electrons. The number of halogens is 3. The Balaban J connectivity index is 2.97. The maximum absolute atomic E-state index is 12.9. The van der Waals surface area contributed by atoms with E-state index in [1.165, 1.54) is 13.0 Å². The zero-order valence-electron chi connectivity index (χ0n) is 8.93. The van der Waals surface area contributed by atoms with Gasteiger partial charge in [-0.15, -0.1) is 0 Å². The number of alkyl halides is 3. The van der Waals surface area contributed by atoms with Gasteiger partial charge < -0.3 is 4.74 Å². The van der Waals surface area contributed by atoms with Crippen LogP contribution in [0.2, 0.25) is 0 Å². The van der Waals surface area contributed by atoms with Gasteiger partial charge >= 0.3 is 12.1 Å². The maximum atomic E-state index is 12.9. The highest BCUT2D eigenvalue weighted by Crippen LogP contribution is 2.41. The molecule has 5 heteroatoms.